The van der Waals surface area contributed by atoms with Crippen LogP contribution in [0.25, 0.3) is 0 Å². The van der Waals surface area contributed by atoms with Crippen LogP contribution in [-0.2, 0) is 16.0 Å². The Morgan fingerprint density at radius 2 is 2.09 bits per heavy atom. The van der Waals surface area contributed by atoms with Gasteiger partial charge in [-0.05, 0) is 55.7 Å². The van der Waals surface area contributed by atoms with Gasteiger partial charge in [0.1, 0.15) is 5.82 Å². The molecule has 4 aliphatic rings. The van der Waals surface area contributed by atoms with E-state index in [1.165, 1.54) is 0 Å². The fourth-order valence-electron chi connectivity index (χ4n) is 6.07. The maximum atomic E-state index is 14.9. The summed E-state index contributed by atoms with van der Waals surface area (Å²) in [5.41, 5.74) is 1.42. The summed E-state index contributed by atoms with van der Waals surface area (Å²) in [6.45, 7) is 5.36. The number of rotatable bonds is 7. The summed E-state index contributed by atoms with van der Waals surface area (Å²) in [7, 11) is 0. The predicted octanol–water partition coefficient (Wildman–Crippen LogP) is 2.52. The monoisotopic (exact) mass is 440 g/mol. The highest BCUT2D eigenvalue weighted by molar-refractivity contribution is 5.85. The molecular formula is C25H33FN4O2. The van der Waals surface area contributed by atoms with Crippen LogP contribution in [0.4, 0.5) is 10.1 Å². The van der Waals surface area contributed by atoms with Crippen LogP contribution in [0.3, 0.4) is 0 Å². The van der Waals surface area contributed by atoms with Crippen molar-refractivity contribution in [2.75, 3.05) is 44.3 Å². The van der Waals surface area contributed by atoms with Crippen molar-refractivity contribution in [1.29, 1.82) is 5.26 Å². The van der Waals surface area contributed by atoms with Crippen LogP contribution in [0.5, 0.6) is 0 Å². The zero-order valence-corrected chi connectivity index (χ0v) is 18.6. The van der Waals surface area contributed by atoms with Crippen molar-refractivity contribution in [3.63, 3.8) is 0 Å². The molecule has 1 N–H and O–H groups in total. The number of carbonyl (C=O) groups is 1. The third-order valence-corrected chi connectivity index (χ3v) is 7.94. The van der Waals surface area contributed by atoms with Crippen LogP contribution >= 0.6 is 0 Å². The molecule has 1 unspecified atom stereocenters. The number of nitrogens with zero attached hydrogens (tertiary/aromatic N) is 3. The Bertz CT molecular complexity index is 873. The maximum Gasteiger partial charge on any atom is 0.151 e. The molecule has 7 heteroatoms. The van der Waals surface area contributed by atoms with Gasteiger partial charge in [-0.3, -0.25) is 9.69 Å². The second kappa shape index (κ2) is 9.46. The number of piperidine rings is 1. The zero-order chi connectivity index (χ0) is 22.1. The van der Waals surface area contributed by atoms with Crippen LogP contribution in [0.1, 0.15) is 37.7 Å². The second-order valence-corrected chi connectivity index (χ2v) is 9.93. The highest BCUT2D eigenvalue weighted by Crippen LogP contribution is 2.36. The molecule has 5 atom stereocenters. The highest BCUT2D eigenvalue weighted by atomic mass is 19.1. The van der Waals surface area contributed by atoms with Crippen molar-refractivity contribution in [2.45, 2.75) is 56.7 Å². The van der Waals surface area contributed by atoms with Gasteiger partial charge in [0.15, 0.2) is 5.78 Å². The second-order valence-electron chi connectivity index (χ2n) is 9.93. The van der Waals surface area contributed by atoms with Gasteiger partial charge in [0.05, 0.1) is 24.6 Å². The Labute approximate surface area is 189 Å². The van der Waals surface area contributed by atoms with Gasteiger partial charge in [0.2, 0.25) is 0 Å². The summed E-state index contributed by atoms with van der Waals surface area (Å²) in [6.07, 6.45) is 4.91. The van der Waals surface area contributed by atoms with Crippen molar-refractivity contribution in [2.24, 2.45) is 11.8 Å². The average molecular weight is 441 g/mol. The Kier molecular flexibility index (Phi) is 6.45. The first-order chi connectivity index (χ1) is 15.6. The van der Waals surface area contributed by atoms with E-state index in [1.54, 1.807) is 12.1 Å². The SMILES string of the molecule is N#C[C@@H](CC(=O)[C@H]1N[C@@H]2CC[C@H]1C2)Cc1ccc(N2CCN(C3CCOC3)CC2)cc1F. The molecule has 1 aliphatic carbocycles. The molecule has 0 spiro atoms. The lowest BCUT2D eigenvalue weighted by atomic mass is 9.88. The molecule has 3 saturated heterocycles. The smallest absolute Gasteiger partial charge is 0.151 e. The molecule has 0 amide bonds. The van der Waals surface area contributed by atoms with E-state index >= 15 is 0 Å². The Balaban J connectivity index is 1.16. The standard InChI is InChI=1S/C25H33FN4O2/c26-23-14-21(29-6-8-30(9-7-29)22-5-10-32-16-22)4-2-18(23)11-17(15-27)12-24(31)25-19-1-3-20(13-19)28-25/h2,4,14,17,19-20,22,25,28H,1,3,5-13,16H2/t17-,19+,20-,22?,25+/m1/s1. The van der Waals surface area contributed by atoms with E-state index < -0.39 is 5.92 Å². The van der Waals surface area contributed by atoms with Crippen molar-refractivity contribution >= 4 is 11.5 Å². The number of hydrogen-bond acceptors (Lipinski definition) is 6. The predicted molar refractivity (Wildman–Crippen MR) is 120 cm³/mol. The molecule has 1 saturated carbocycles. The molecule has 0 radical (unpaired) electrons. The van der Waals surface area contributed by atoms with E-state index in [4.69, 9.17) is 4.74 Å². The normalized spacial score (nSPS) is 31.1. The van der Waals surface area contributed by atoms with Gasteiger partial charge < -0.3 is 15.0 Å². The number of ketones is 1. The summed E-state index contributed by atoms with van der Waals surface area (Å²) in [6, 6.07) is 8.48. The summed E-state index contributed by atoms with van der Waals surface area (Å²) >= 11 is 0. The molecule has 4 fully saturated rings. The van der Waals surface area contributed by atoms with Crippen LogP contribution < -0.4 is 10.2 Å². The van der Waals surface area contributed by atoms with E-state index in [9.17, 15) is 14.4 Å². The van der Waals surface area contributed by atoms with E-state index in [-0.39, 0.29) is 30.5 Å². The summed E-state index contributed by atoms with van der Waals surface area (Å²) in [5, 5.41) is 13.0. The van der Waals surface area contributed by atoms with E-state index in [1.807, 2.05) is 6.07 Å². The van der Waals surface area contributed by atoms with Crippen molar-refractivity contribution in [3.8, 4) is 6.07 Å². The van der Waals surface area contributed by atoms with Gasteiger partial charge in [-0.15, -0.1) is 0 Å². The van der Waals surface area contributed by atoms with E-state index in [0.717, 1.165) is 70.8 Å². The summed E-state index contributed by atoms with van der Waals surface area (Å²) in [5.74, 6) is -0.225. The molecule has 2 bridgehead atoms. The fourth-order valence-corrected chi connectivity index (χ4v) is 6.07. The van der Waals surface area contributed by atoms with E-state index in [0.29, 0.717) is 23.6 Å². The number of nitrogens with one attached hydrogen (secondary N) is 1. The van der Waals surface area contributed by atoms with Gasteiger partial charge in [-0.25, -0.2) is 4.39 Å². The average Bonchev–Trinajstić information content (AvgIpc) is 3.58. The van der Waals surface area contributed by atoms with Gasteiger partial charge >= 0.3 is 0 Å². The fraction of sp³-hybridized carbons (Fsp3) is 0.680. The number of fused-ring (bicyclic) bond motifs is 2. The molecule has 32 heavy (non-hydrogen) atoms. The first-order valence-electron chi connectivity index (χ1n) is 12.1. The minimum Gasteiger partial charge on any atom is -0.380 e. The van der Waals surface area contributed by atoms with Crippen molar-refractivity contribution in [3.05, 3.63) is 29.6 Å². The van der Waals surface area contributed by atoms with Gasteiger partial charge in [-0.1, -0.05) is 6.07 Å². The number of benzene rings is 1. The maximum absolute atomic E-state index is 14.9. The van der Waals surface area contributed by atoms with Crippen LogP contribution in [0.15, 0.2) is 18.2 Å². The number of ether oxygens (including phenoxy) is 1. The van der Waals surface area contributed by atoms with Crippen molar-refractivity contribution in [1.82, 2.24) is 10.2 Å². The molecular weight excluding hydrogens is 407 g/mol. The quantitative estimate of drug-likeness (QED) is 0.703. The first kappa shape index (κ1) is 21.8. The van der Waals surface area contributed by atoms with Crippen LogP contribution in [0.2, 0.25) is 0 Å². The number of piperazine rings is 1. The highest BCUT2D eigenvalue weighted by Gasteiger charge is 2.42. The molecule has 1 aromatic carbocycles. The number of nitriles is 1. The lowest BCUT2D eigenvalue weighted by Gasteiger charge is -2.38. The topological polar surface area (TPSA) is 68.6 Å². The number of hydrogen-bond donors (Lipinski definition) is 1. The van der Waals surface area contributed by atoms with Crippen molar-refractivity contribution < 1.29 is 13.9 Å². The lowest BCUT2D eigenvalue weighted by Crippen LogP contribution is -2.50. The number of Topliss-reactive ketones (excluding diaryl/α,β-unsaturated/α-hetero) is 1. The minimum absolute atomic E-state index is 0.105. The zero-order valence-electron chi connectivity index (χ0n) is 18.6. The lowest BCUT2D eigenvalue weighted by molar-refractivity contribution is -0.122. The number of carbonyl (C=O) groups excluding carboxylic acids is 1. The van der Waals surface area contributed by atoms with E-state index in [2.05, 4.69) is 21.2 Å². The minimum atomic E-state index is -0.485. The molecule has 1 aromatic rings. The number of anilines is 1. The van der Waals surface area contributed by atoms with Gasteiger partial charge in [0.25, 0.3) is 0 Å². The van der Waals surface area contributed by atoms with Gasteiger partial charge in [0, 0.05) is 57.0 Å². The van der Waals surface area contributed by atoms with Gasteiger partial charge in [-0.2, -0.15) is 5.26 Å². The third-order valence-electron chi connectivity index (χ3n) is 7.94. The van der Waals surface area contributed by atoms with Crippen LogP contribution in [-0.4, -0.2) is 68.2 Å². The largest absolute Gasteiger partial charge is 0.380 e. The summed E-state index contributed by atoms with van der Waals surface area (Å²) < 4.78 is 20.4. The summed E-state index contributed by atoms with van der Waals surface area (Å²) in [4.78, 5) is 17.4. The third kappa shape index (κ3) is 4.54. The molecule has 0 aromatic heterocycles. The molecule has 5 rings (SSSR count). The molecule has 3 aliphatic heterocycles. The Morgan fingerprint density at radius 3 is 2.72 bits per heavy atom. The molecule has 172 valence electrons. The molecule has 6 nitrogen and oxygen atoms in total. The Morgan fingerprint density at radius 1 is 1.25 bits per heavy atom. The molecule has 3 heterocycles. The van der Waals surface area contributed by atoms with Crippen LogP contribution in [0, 0.1) is 29.0 Å². The first-order valence-corrected chi connectivity index (χ1v) is 12.1. The Hall–Kier alpha value is -2.01. The number of halogens is 1.